The minimum absolute atomic E-state index is 0.119. The smallest absolute Gasteiger partial charge is 0.194 e. The van der Waals surface area contributed by atoms with Crippen molar-refractivity contribution in [3.05, 3.63) is 106 Å². The van der Waals surface area contributed by atoms with E-state index in [0.29, 0.717) is 0 Å². The summed E-state index contributed by atoms with van der Waals surface area (Å²) in [6, 6.07) is 24.2. The topological polar surface area (TPSA) is 34.1 Å². The molecule has 0 saturated carbocycles. The molecule has 0 heterocycles. The third-order valence-electron chi connectivity index (χ3n) is 7.57. The number of hydrogen-bond acceptors (Lipinski definition) is 2. The fraction of sp³-hybridized carbons (Fsp3) is 0.294. The van der Waals surface area contributed by atoms with Crippen molar-refractivity contribution >= 4 is 33.9 Å². The summed E-state index contributed by atoms with van der Waals surface area (Å²) in [7, 11) is 0. The Morgan fingerprint density at radius 3 is 1.19 bits per heavy atom. The minimum atomic E-state index is 0.119. The summed E-state index contributed by atoms with van der Waals surface area (Å²) in [5, 5.41) is 0. The second-order valence-electron chi connectivity index (χ2n) is 9.95. The van der Waals surface area contributed by atoms with Crippen LogP contribution in [0, 0.1) is 0 Å². The molecule has 0 radical (unpaired) electrons. The number of ketones is 2. The second-order valence-corrected chi connectivity index (χ2v) is 9.95. The van der Waals surface area contributed by atoms with Gasteiger partial charge in [0.05, 0.1) is 0 Å². The molecule has 2 nitrogen and oxygen atoms in total. The molecule has 3 aromatic rings. The van der Waals surface area contributed by atoms with E-state index in [1.807, 2.05) is 60.7 Å². The van der Waals surface area contributed by atoms with Gasteiger partial charge in [-0.25, -0.2) is 0 Å². The molecule has 2 heteroatoms. The number of carbonyl (C=O) groups is 2. The fourth-order valence-corrected chi connectivity index (χ4v) is 5.74. The van der Waals surface area contributed by atoms with Crippen LogP contribution in [0.2, 0.25) is 0 Å². The summed E-state index contributed by atoms with van der Waals surface area (Å²) >= 11 is 0. The number of benzene rings is 3. The standard InChI is InChI=1S/C34H34O2/c1-3-5-7-15-27-25-13-9-11-17-29(25)33(35)31(27)23-19-21-24(22-20-23)32-28(16-8-6-4-2)26-14-10-12-18-30(26)34(32)36/h9-14,17-22H,3-8,15-16H2,1-2H3. The van der Waals surface area contributed by atoms with Crippen molar-refractivity contribution in [3.8, 4) is 0 Å². The molecule has 2 aliphatic carbocycles. The van der Waals surface area contributed by atoms with Gasteiger partial charge >= 0.3 is 0 Å². The Labute approximate surface area is 214 Å². The average molecular weight is 475 g/mol. The SMILES string of the molecule is CCCCCC1=C(c2ccc(C3=C(CCCCC)c4ccccc4C3=O)cc2)C(=O)c2ccccc21. The Hall–Kier alpha value is -3.52. The molecule has 0 unspecified atom stereocenters. The Morgan fingerprint density at radius 1 is 0.472 bits per heavy atom. The Balaban J connectivity index is 1.53. The molecular weight excluding hydrogens is 440 g/mol. The van der Waals surface area contributed by atoms with Gasteiger partial charge in [-0.2, -0.15) is 0 Å². The largest absolute Gasteiger partial charge is 0.289 e. The lowest BCUT2D eigenvalue weighted by Crippen LogP contribution is -2.00. The van der Waals surface area contributed by atoms with Gasteiger partial charge in [-0.05, 0) is 59.1 Å². The zero-order chi connectivity index (χ0) is 25.1. The van der Waals surface area contributed by atoms with Crippen LogP contribution in [0.3, 0.4) is 0 Å². The monoisotopic (exact) mass is 474 g/mol. The third-order valence-corrected chi connectivity index (χ3v) is 7.57. The molecule has 2 aliphatic rings. The molecule has 0 N–H and O–H groups in total. The number of hydrogen-bond donors (Lipinski definition) is 0. The first-order valence-corrected chi connectivity index (χ1v) is 13.5. The molecule has 5 rings (SSSR count). The highest BCUT2D eigenvalue weighted by molar-refractivity contribution is 6.41. The van der Waals surface area contributed by atoms with E-state index in [2.05, 4.69) is 26.0 Å². The summed E-state index contributed by atoms with van der Waals surface area (Å²) in [6.45, 7) is 4.41. The molecule has 0 amide bonds. The first kappa shape index (κ1) is 24.2. The molecule has 182 valence electrons. The van der Waals surface area contributed by atoms with E-state index in [1.54, 1.807) is 0 Å². The second kappa shape index (κ2) is 10.6. The van der Waals surface area contributed by atoms with Crippen molar-refractivity contribution in [1.82, 2.24) is 0 Å². The Kier molecular flexibility index (Phi) is 7.13. The summed E-state index contributed by atoms with van der Waals surface area (Å²) in [4.78, 5) is 26.9. The van der Waals surface area contributed by atoms with Crippen molar-refractivity contribution in [2.45, 2.75) is 65.2 Å². The van der Waals surface area contributed by atoms with Crippen LogP contribution in [-0.4, -0.2) is 11.6 Å². The van der Waals surface area contributed by atoms with E-state index in [-0.39, 0.29) is 11.6 Å². The minimum Gasteiger partial charge on any atom is -0.289 e. The summed E-state index contributed by atoms with van der Waals surface area (Å²) < 4.78 is 0. The van der Waals surface area contributed by atoms with E-state index in [0.717, 1.165) is 95.9 Å². The fourth-order valence-electron chi connectivity index (χ4n) is 5.74. The van der Waals surface area contributed by atoms with Crippen LogP contribution in [0.1, 0.15) is 108 Å². The predicted octanol–water partition coefficient (Wildman–Crippen LogP) is 9.06. The van der Waals surface area contributed by atoms with Gasteiger partial charge in [-0.1, -0.05) is 112 Å². The molecule has 0 aliphatic heterocycles. The van der Waals surface area contributed by atoms with Crippen LogP contribution in [0.5, 0.6) is 0 Å². The van der Waals surface area contributed by atoms with Crippen LogP contribution < -0.4 is 0 Å². The molecule has 0 atom stereocenters. The zero-order valence-corrected chi connectivity index (χ0v) is 21.4. The van der Waals surface area contributed by atoms with Gasteiger partial charge in [0.1, 0.15) is 0 Å². The molecule has 36 heavy (non-hydrogen) atoms. The number of Topliss-reactive ketones (excluding diaryl/α,β-unsaturated/α-hetero) is 2. The van der Waals surface area contributed by atoms with Crippen molar-refractivity contribution < 1.29 is 9.59 Å². The number of fused-ring (bicyclic) bond motifs is 2. The quantitative estimate of drug-likeness (QED) is 0.275. The molecule has 3 aromatic carbocycles. The molecule has 0 spiro atoms. The number of carbonyl (C=O) groups excluding carboxylic acids is 2. The molecule has 0 aromatic heterocycles. The maximum absolute atomic E-state index is 13.5. The maximum Gasteiger partial charge on any atom is 0.194 e. The third kappa shape index (κ3) is 4.30. The molecule has 0 bridgehead atoms. The zero-order valence-electron chi connectivity index (χ0n) is 21.4. The lowest BCUT2D eigenvalue weighted by molar-refractivity contribution is 0.105. The summed E-state index contributed by atoms with van der Waals surface area (Å²) in [5.41, 5.74) is 9.68. The average Bonchev–Trinajstić information content (AvgIpc) is 3.36. The maximum atomic E-state index is 13.5. The van der Waals surface area contributed by atoms with E-state index in [9.17, 15) is 9.59 Å². The van der Waals surface area contributed by atoms with Gasteiger partial charge < -0.3 is 0 Å². The highest BCUT2D eigenvalue weighted by Gasteiger charge is 2.32. The number of allylic oxidation sites excluding steroid dienone is 4. The van der Waals surface area contributed by atoms with E-state index in [4.69, 9.17) is 0 Å². The van der Waals surface area contributed by atoms with Crippen LogP contribution in [0.4, 0.5) is 0 Å². The van der Waals surface area contributed by atoms with E-state index in [1.165, 1.54) is 11.1 Å². The van der Waals surface area contributed by atoms with Gasteiger partial charge in [-0.3, -0.25) is 9.59 Å². The highest BCUT2D eigenvalue weighted by atomic mass is 16.1. The first-order chi connectivity index (χ1) is 17.7. The van der Waals surface area contributed by atoms with Gasteiger partial charge in [0.15, 0.2) is 11.6 Å². The van der Waals surface area contributed by atoms with E-state index < -0.39 is 0 Å². The highest BCUT2D eigenvalue weighted by Crippen LogP contribution is 2.43. The molecular formula is C34H34O2. The normalized spacial score (nSPS) is 14.6. The van der Waals surface area contributed by atoms with Crippen molar-refractivity contribution in [2.75, 3.05) is 0 Å². The van der Waals surface area contributed by atoms with Crippen molar-refractivity contribution in [2.24, 2.45) is 0 Å². The Morgan fingerprint density at radius 2 is 0.833 bits per heavy atom. The van der Waals surface area contributed by atoms with Gasteiger partial charge in [-0.15, -0.1) is 0 Å². The first-order valence-electron chi connectivity index (χ1n) is 13.5. The lowest BCUT2D eigenvalue weighted by Gasteiger charge is -2.11. The summed E-state index contributed by atoms with van der Waals surface area (Å²) in [5.74, 6) is 0.238. The molecule has 0 fully saturated rings. The van der Waals surface area contributed by atoms with Crippen LogP contribution in [-0.2, 0) is 0 Å². The number of rotatable bonds is 10. The Bertz CT molecular complexity index is 1260. The van der Waals surface area contributed by atoms with E-state index >= 15 is 0 Å². The lowest BCUT2D eigenvalue weighted by atomic mass is 9.92. The van der Waals surface area contributed by atoms with Crippen molar-refractivity contribution in [3.63, 3.8) is 0 Å². The van der Waals surface area contributed by atoms with Crippen molar-refractivity contribution in [1.29, 1.82) is 0 Å². The van der Waals surface area contributed by atoms with Gasteiger partial charge in [0.2, 0.25) is 0 Å². The van der Waals surface area contributed by atoms with Crippen LogP contribution in [0.25, 0.3) is 22.3 Å². The summed E-state index contributed by atoms with van der Waals surface area (Å²) in [6.07, 6.45) is 8.60. The molecule has 0 saturated heterocycles. The number of unbranched alkanes of at least 4 members (excludes halogenated alkanes) is 4. The van der Waals surface area contributed by atoms with Gasteiger partial charge in [0, 0.05) is 22.3 Å². The van der Waals surface area contributed by atoms with Crippen LogP contribution >= 0.6 is 0 Å². The predicted molar refractivity (Wildman–Crippen MR) is 150 cm³/mol. The van der Waals surface area contributed by atoms with Crippen LogP contribution in [0.15, 0.2) is 72.8 Å². The van der Waals surface area contributed by atoms with Gasteiger partial charge in [0.25, 0.3) is 0 Å².